The van der Waals surface area contributed by atoms with Crippen molar-refractivity contribution in [2.75, 3.05) is 5.32 Å². The summed E-state index contributed by atoms with van der Waals surface area (Å²) in [6.07, 6.45) is 4.81. The molecule has 1 aromatic carbocycles. The van der Waals surface area contributed by atoms with E-state index in [4.69, 9.17) is 0 Å². The first kappa shape index (κ1) is 14.1. The monoisotopic (exact) mass is 270 g/mol. The molecule has 1 amide bonds. The van der Waals surface area contributed by atoms with Crippen molar-refractivity contribution in [3.8, 4) is 0 Å². The van der Waals surface area contributed by atoms with Crippen molar-refractivity contribution in [3.05, 3.63) is 64.1 Å². The number of H-pyrrole nitrogens is 1. The molecular formula is C16H18N2O2. The lowest BCUT2D eigenvalue weighted by molar-refractivity contribution is 0.102. The zero-order valence-corrected chi connectivity index (χ0v) is 11.5. The van der Waals surface area contributed by atoms with Gasteiger partial charge in [-0.25, -0.2) is 0 Å². The molecule has 104 valence electrons. The zero-order chi connectivity index (χ0) is 14.4. The van der Waals surface area contributed by atoms with Crippen LogP contribution < -0.4 is 10.9 Å². The van der Waals surface area contributed by atoms with Gasteiger partial charge in [0.25, 0.3) is 5.91 Å². The molecule has 4 nitrogen and oxygen atoms in total. The second-order valence-corrected chi connectivity index (χ2v) is 4.70. The fourth-order valence-corrected chi connectivity index (χ4v) is 1.89. The van der Waals surface area contributed by atoms with Crippen molar-refractivity contribution >= 4 is 11.6 Å². The van der Waals surface area contributed by atoms with Crippen molar-refractivity contribution in [2.24, 2.45) is 0 Å². The minimum atomic E-state index is -0.234. The molecule has 2 N–H and O–H groups in total. The highest BCUT2D eigenvalue weighted by molar-refractivity contribution is 6.03. The third-order valence-corrected chi connectivity index (χ3v) is 3.08. The number of aryl methyl sites for hydroxylation is 1. The average molecular weight is 270 g/mol. The number of carbonyl (C=O) groups is 1. The molecule has 0 spiro atoms. The maximum atomic E-state index is 11.9. The van der Waals surface area contributed by atoms with E-state index in [1.807, 2.05) is 24.3 Å². The number of unbranched alkanes of at least 4 members (excludes halogenated alkanes) is 1. The Balaban J connectivity index is 2.00. The van der Waals surface area contributed by atoms with Crippen LogP contribution in [0.5, 0.6) is 0 Å². The molecule has 0 bridgehead atoms. The van der Waals surface area contributed by atoms with Gasteiger partial charge in [0, 0.05) is 18.0 Å². The fourth-order valence-electron chi connectivity index (χ4n) is 1.89. The van der Waals surface area contributed by atoms with Crippen molar-refractivity contribution in [1.29, 1.82) is 0 Å². The van der Waals surface area contributed by atoms with E-state index >= 15 is 0 Å². The number of hydrogen-bond acceptors (Lipinski definition) is 2. The molecule has 0 saturated carbocycles. The largest absolute Gasteiger partial charge is 0.328 e. The van der Waals surface area contributed by atoms with E-state index in [0.717, 1.165) is 12.1 Å². The first-order chi connectivity index (χ1) is 9.69. The Morgan fingerprint density at radius 1 is 1.15 bits per heavy atom. The summed E-state index contributed by atoms with van der Waals surface area (Å²) in [5, 5.41) is 2.80. The molecule has 0 aliphatic carbocycles. The summed E-state index contributed by atoms with van der Waals surface area (Å²) < 4.78 is 0. The highest BCUT2D eigenvalue weighted by Crippen LogP contribution is 2.12. The average Bonchev–Trinajstić information content (AvgIpc) is 2.47. The molecule has 0 saturated heterocycles. The van der Waals surface area contributed by atoms with Gasteiger partial charge in [-0.2, -0.15) is 0 Å². The predicted octanol–water partition coefficient (Wildman–Crippen LogP) is 2.97. The van der Waals surface area contributed by atoms with Crippen LogP contribution in [0.4, 0.5) is 5.69 Å². The number of amides is 1. The first-order valence-corrected chi connectivity index (χ1v) is 6.78. The summed E-state index contributed by atoms with van der Waals surface area (Å²) in [6, 6.07) is 10.7. The van der Waals surface area contributed by atoms with Gasteiger partial charge < -0.3 is 10.3 Å². The Morgan fingerprint density at radius 2 is 1.90 bits per heavy atom. The van der Waals surface area contributed by atoms with Crippen LogP contribution in [0.15, 0.2) is 47.4 Å². The number of pyridine rings is 1. The summed E-state index contributed by atoms with van der Waals surface area (Å²) in [6.45, 7) is 2.17. The molecule has 2 rings (SSSR count). The van der Waals surface area contributed by atoms with Crippen molar-refractivity contribution in [3.63, 3.8) is 0 Å². The van der Waals surface area contributed by atoms with E-state index in [2.05, 4.69) is 17.2 Å². The van der Waals surface area contributed by atoms with E-state index in [1.165, 1.54) is 36.7 Å². The van der Waals surface area contributed by atoms with Crippen LogP contribution in [0, 0.1) is 0 Å². The van der Waals surface area contributed by atoms with Gasteiger partial charge in [0.1, 0.15) is 0 Å². The molecule has 1 heterocycles. The number of aromatic nitrogens is 1. The highest BCUT2D eigenvalue weighted by Gasteiger charge is 2.05. The molecule has 20 heavy (non-hydrogen) atoms. The summed E-state index contributed by atoms with van der Waals surface area (Å²) >= 11 is 0. The van der Waals surface area contributed by atoms with Gasteiger partial charge in [-0.3, -0.25) is 9.59 Å². The van der Waals surface area contributed by atoms with Gasteiger partial charge in [0.05, 0.1) is 5.56 Å². The van der Waals surface area contributed by atoms with Crippen LogP contribution in [0.1, 0.15) is 35.7 Å². The summed E-state index contributed by atoms with van der Waals surface area (Å²) in [7, 11) is 0. The Bertz CT molecular complexity index is 609. The van der Waals surface area contributed by atoms with Crippen LogP contribution in [0.25, 0.3) is 0 Å². The van der Waals surface area contributed by atoms with Crippen LogP contribution in [-0.4, -0.2) is 10.9 Å². The number of aromatic amines is 1. The number of benzene rings is 1. The second kappa shape index (κ2) is 6.70. The standard InChI is InChI=1S/C16H18N2O2/c1-2-3-4-12-5-8-14(9-6-12)18-16(20)13-7-10-15(19)17-11-13/h5-11H,2-4H2,1H3,(H,17,19)(H,18,20). The van der Waals surface area contributed by atoms with Crippen LogP contribution >= 0.6 is 0 Å². The quantitative estimate of drug-likeness (QED) is 0.877. The van der Waals surface area contributed by atoms with Gasteiger partial charge in [-0.1, -0.05) is 25.5 Å². The molecular weight excluding hydrogens is 252 g/mol. The van der Waals surface area contributed by atoms with Gasteiger partial charge >= 0.3 is 0 Å². The number of hydrogen-bond donors (Lipinski definition) is 2. The van der Waals surface area contributed by atoms with Gasteiger partial charge in [-0.05, 0) is 36.6 Å². The van der Waals surface area contributed by atoms with E-state index in [0.29, 0.717) is 5.56 Å². The number of rotatable bonds is 5. The fraction of sp³-hybridized carbons (Fsp3) is 0.250. The van der Waals surface area contributed by atoms with E-state index in [-0.39, 0.29) is 11.5 Å². The maximum Gasteiger partial charge on any atom is 0.257 e. The maximum absolute atomic E-state index is 11.9. The molecule has 2 aromatic rings. The Kier molecular flexibility index (Phi) is 4.71. The van der Waals surface area contributed by atoms with E-state index in [1.54, 1.807) is 0 Å². The molecule has 0 aliphatic heterocycles. The summed E-state index contributed by atoms with van der Waals surface area (Å²) in [5.41, 5.74) is 2.23. The number of nitrogens with one attached hydrogen (secondary N) is 2. The van der Waals surface area contributed by atoms with Gasteiger partial charge in [0.2, 0.25) is 5.56 Å². The van der Waals surface area contributed by atoms with E-state index < -0.39 is 0 Å². The molecule has 0 aliphatic rings. The minimum Gasteiger partial charge on any atom is -0.328 e. The Hall–Kier alpha value is -2.36. The number of anilines is 1. The first-order valence-electron chi connectivity index (χ1n) is 6.78. The molecule has 0 fully saturated rings. The van der Waals surface area contributed by atoms with Crippen LogP contribution in [0.2, 0.25) is 0 Å². The smallest absolute Gasteiger partial charge is 0.257 e. The second-order valence-electron chi connectivity index (χ2n) is 4.70. The Labute approximate surface area is 117 Å². The molecule has 4 heteroatoms. The normalized spacial score (nSPS) is 10.2. The van der Waals surface area contributed by atoms with Crippen molar-refractivity contribution in [1.82, 2.24) is 4.98 Å². The highest BCUT2D eigenvalue weighted by atomic mass is 16.1. The van der Waals surface area contributed by atoms with Gasteiger partial charge in [-0.15, -0.1) is 0 Å². The van der Waals surface area contributed by atoms with Crippen LogP contribution in [0.3, 0.4) is 0 Å². The molecule has 0 atom stereocenters. The topological polar surface area (TPSA) is 62.0 Å². The number of carbonyl (C=O) groups excluding carboxylic acids is 1. The minimum absolute atomic E-state index is 0.221. The molecule has 1 aromatic heterocycles. The van der Waals surface area contributed by atoms with Crippen molar-refractivity contribution < 1.29 is 4.79 Å². The summed E-state index contributed by atoms with van der Waals surface area (Å²) in [4.78, 5) is 25.4. The predicted molar refractivity (Wildman–Crippen MR) is 80.1 cm³/mol. The Morgan fingerprint density at radius 3 is 2.50 bits per heavy atom. The molecule has 0 unspecified atom stereocenters. The third-order valence-electron chi connectivity index (χ3n) is 3.08. The molecule has 0 radical (unpaired) electrons. The van der Waals surface area contributed by atoms with Crippen molar-refractivity contribution in [2.45, 2.75) is 26.2 Å². The van der Waals surface area contributed by atoms with E-state index in [9.17, 15) is 9.59 Å². The lowest BCUT2D eigenvalue weighted by atomic mass is 10.1. The summed E-state index contributed by atoms with van der Waals surface area (Å²) in [5.74, 6) is -0.234. The van der Waals surface area contributed by atoms with Gasteiger partial charge in [0.15, 0.2) is 0 Å². The lowest BCUT2D eigenvalue weighted by Gasteiger charge is -2.06. The lowest BCUT2D eigenvalue weighted by Crippen LogP contribution is -2.14. The third kappa shape index (κ3) is 3.82. The van der Waals surface area contributed by atoms with Crippen LogP contribution in [-0.2, 0) is 6.42 Å². The SMILES string of the molecule is CCCCc1ccc(NC(=O)c2ccc(=O)[nH]c2)cc1. The zero-order valence-electron chi connectivity index (χ0n) is 11.5.